The van der Waals surface area contributed by atoms with E-state index >= 15 is 0 Å². The fourth-order valence-corrected chi connectivity index (χ4v) is 2.87. The molecule has 0 aliphatic carbocycles. The quantitative estimate of drug-likeness (QED) is 0.853. The third-order valence-corrected chi connectivity index (χ3v) is 4.44. The highest BCUT2D eigenvalue weighted by molar-refractivity contribution is 7.90. The molecule has 21 heavy (non-hydrogen) atoms. The number of unbranched alkanes of at least 4 members (excludes halogenated alkanes) is 1. The van der Waals surface area contributed by atoms with Crippen LogP contribution >= 0.6 is 0 Å². The third kappa shape index (κ3) is 4.40. The maximum Gasteiger partial charge on any atom is 0.264 e. The van der Waals surface area contributed by atoms with Gasteiger partial charge >= 0.3 is 0 Å². The Morgan fingerprint density at radius 3 is 2.67 bits per heavy atom. The standard InChI is InChI=1S/C13H19FN4O2S/c1-2-3-8-18-9-15-13(16-10-18)17-21(19,20)12-6-4-11(14)5-7-12/h4-7H,2-3,8-10H2,1H3,(H2,15,16,17). The van der Waals surface area contributed by atoms with Crippen LogP contribution in [-0.2, 0) is 10.0 Å². The summed E-state index contributed by atoms with van der Waals surface area (Å²) in [6, 6.07) is 4.65. The zero-order valence-electron chi connectivity index (χ0n) is 11.8. The van der Waals surface area contributed by atoms with Crippen LogP contribution in [0.2, 0.25) is 0 Å². The van der Waals surface area contributed by atoms with E-state index in [9.17, 15) is 12.8 Å². The highest BCUT2D eigenvalue weighted by atomic mass is 32.2. The van der Waals surface area contributed by atoms with Crippen molar-refractivity contribution in [2.75, 3.05) is 19.9 Å². The van der Waals surface area contributed by atoms with Gasteiger partial charge in [0.05, 0.1) is 18.2 Å². The predicted molar refractivity (Wildman–Crippen MR) is 78.6 cm³/mol. The number of sulfonamides is 1. The maximum atomic E-state index is 12.8. The summed E-state index contributed by atoms with van der Waals surface area (Å²) < 4.78 is 39.4. The Morgan fingerprint density at radius 1 is 1.38 bits per heavy atom. The molecule has 0 aromatic heterocycles. The van der Waals surface area contributed by atoms with Crippen molar-refractivity contribution in [2.45, 2.75) is 24.7 Å². The first-order chi connectivity index (χ1) is 10.0. The van der Waals surface area contributed by atoms with Gasteiger partial charge in [0.1, 0.15) is 5.82 Å². The summed E-state index contributed by atoms with van der Waals surface area (Å²) >= 11 is 0. The molecule has 0 amide bonds. The van der Waals surface area contributed by atoms with E-state index in [2.05, 4.69) is 26.9 Å². The lowest BCUT2D eigenvalue weighted by molar-refractivity contribution is 0.259. The first kappa shape index (κ1) is 15.7. The molecule has 1 heterocycles. The molecule has 0 unspecified atom stereocenters. The average Bonchev–Trinajstić information content (AvgIpc) is 2.47. The lowest BCUT2D eigenvalue weighted by Gasteiger charge is -2.26. The van der Waals surface area contributed by atoms with Crippen molar-refractivity contribution in [1.82, 2.24) is 14.9 Å². The predicted octanol–water partition coefficient (Wildman–Crippen LogP) is 1.08. The first-order valence-corrected chi connectivity index (χ1v) is 8.28. The van der Waals surface area contributed by atoms with Gasteiger partial charge in [-0.25, -0.2) is 22.5 Å². The molecule has 6 nitrogen and oxygen atoms in total. The minimum Gasteiger partial charge on any atom is -0.343 e. The van der Waals surface area contributed by atoms with Gasteiger partial charge < -0.3 is 5.32 Å². The van der Waals surface area contributed by atoms with E-state index in [0.717, 1.165) is 31.5 Å². The highest BCUT2D eigenvalue weighted by Gasteiger charge is 2.19. The Labute approximate surface area is 124 Å². The summed E-state index contributed by atoms with van der Waals surface area (Å²) in [4.78, 5) is 6.24. The van der Waals surface area contributed by atoms with E-state index in [1.807, 2.05) is 0 Å². The lowest BCUT2D eigenvalue weighted by Crippen LogP contribution is -2.50. The van der Waals surface area contributed by atoms with Gasteiger partial charge in [0.15, 0.2) is 0 Å². The number of rotatable bonds is 5. The number of hydrogen-bond acceptors (Lipinski definition) is 5. The second-order valence-corrected chi connectivity index (χ2v) is 6.47. The van der Waals surface area contributed by atoms with Crippen LogP contribution in [0.1, 0.15) is 19.8 Å². The van der Waals surface area contributed by atoms with Crippen LogP contribution in [0.25, 0.3) is 0 Å². The van der Waals surface area contributed by atoms with Crippen LogP contribution in [0, 0.1) is 5.82 Å². The van der Waals surface area contributed by atoms with Crippen molar-refractivity contribution in [1.29, 1.82) is 0 Å². The number of nitrogens with zero attached hydrogens (tertiary/aromatic N) is 2. The maximum absolute atomic E-state index is 12.8. The molecule has 0 radical (unpaired) electrons. The molecule has 2 rings (SSSR count). The van der Waals surface area contributed by atoms with E-state index in [0.29, 0.717) is 13.3 Å². The van der Waals surface area contributed by atoms with E-state index in [1.165, 1.54) is 12.1 Å². The zero-order valence-corrected chi connectivity index (χ0v) is 12.7. The largest absolute Gasteiger partial charge is 0.343 e. The normalized spacial score (nSPS) is 16.2. The zero-order chi connectivity index (χ0) is 15.3. The number of nitrogens with one attached hydrogen (secondary N) is 2. The molecule has 1 aliphatic rings. The first-order valence-electron chi connectivity index (χ1n) is 6.80. The molecule has 2 N–H and O–H groups in total. The third-order valence-electron chi connectivity index (χ3n) is 3.08. The second kappa shape index (κ2) is 6.86. The molecule has 1 aromatic rings. The molecular formula is C13H19FN4O2S. The average molecular weight is 314 g/mol. The Kier molecular flexibility index (Phi) is 5.13. The van der Waals surface area contributed by atoms with Crippen molar-refractivity contribution >= 4 is 16.0 Å². The van der Waals surface area contributed by atoms with Gasteiger partial charge in [-0.05, 0) is 30.7 Å². The van der Waals surface area contributed by atoms with Crippen molar-refractivity contribution in [2.24, 2.45) is 4.99 Å². The van der Waals surface area contributed by atoms with E-state index < -0.39 is 15.8 Å². The van der Waals surface area contributed by atoms with Crippen molar-refractivity contribution in [3.05, 3.63) is 30.1 Å². The van der Waals surface area contributed by atoms with Crippen molar-refractivity contribution in [3.8, 4) is 0 Å². The Hall–Kier alpha value is -1.67. The summed E-state index contributed by atoms with van der Waals surface area (Å²) in [7, 11) is -3.74. The van der Waals surface area contributed by atoms with Crippen LogP contribution in [0.15, 0.2) is 34.2 Å². The van der Waals surface area contributed by atoms with Gasteiger partial charge in [-0.2, -0.15) is 0 Å². The molecule has 0 saturated carbocycles. The van der Waals surface area contributed by atoms with Crippen molar-refractivity contribution in [3.63, 3.8) is 0 Å². The Morgan fingerprint density at radius 2 is 2.10 bits per heavy atom. The topological polar surface area (TPSA) is 73.8 Å². The van der Waals surface area contributed by atoms with Crippen LogP contribution < -0.4 is 10.0 Å². The summed E-state index contributed by atoms with van der Waals surface area (Å²) in [5.41, 5.74) is 0. The molecule has 116 valence electrons. The molecule has 0 bridgehead atoms. The smallest absolute Gasteiger partial charge is 0.264 e. The molecule has 0 atom stereocenters. The molecular weight excluding hydrogens is 295 g/mol. The van der Waals surface area contributed by atoms with Gasteiger partial charge in [-0.1, -0.05) is 13.3 Å². The van der Waals surface area contributed by atoms with Gasteiger partial charge in [0.25, 0.3) is 10.0 Å². The van der Waals surface area contributed by atoms with E-state index in [1.54, 1.807) is 0 Å². The van der Waals surface area contributed by atoms with Crippen LogP contribution in [0.5, 0.6) is 0 Å². The minimum atomic E-state index is -3.74. The van der Waals surface area contributed by atoms with Crippen LogP contribution in [0.3, 0.4) is 0 Å². The van der Waals surface area contributed by atoms with Crippen LogP contribution in [0.4, 0.5) is 4.39 Å². The Balaban J connectivity index is 1.98. The fraction of sp³-hybridized carbons (Fsp3) is 0.462. The van der Waals surface area contributed by atoms with E-state index in [4.69, 9.17) is 0 Å². The number of aliphatic imine (C=N–C) groups is 1. The number of guanidine groups is 1. The van der Waals surface area contributed by atoms with Gasteiger partial charge in [0, 0.05) is 6.54 Å². The van der Waals surface area contributed by atoms with Crippen LogP contribution in [-0.4, -0.2) is 39.2 Å². The summed E-state index contributed by atoms with van der Waals surface area (Å²) in [5, 5.41) is 2.93. The molecule has 1 aliphatic heterocycles. The van der Waals surface area contributed by atoms with Gasteiger partial charge in [0.2, 0.25) is 5.96 Å². The fourth-order valence-electron chi connectivity index (χ4n) is 1.86. The molecule has 0 saturated heterocycles. The van der Waals surface area contributed by atoms with Crippen molar-refractivity contribution < 1.29 is 12.8 Å². The number of benzene rings is 1. The summed E-state index contributed by atoms with van der Waals surface area (Å²) in [6.07, 6.45) is 2.18. The number of halogens is 1. The lowest BCUT2D eigenvalue weighted by atomic mass is 10.3. The number of hydrogen-bond donors (Lipinski definition) is 2. The van der Waals surface area contributed by atoms with E-state index in [-0.39, 0.29) is 10.9 Å². The molecule has 0 spiro atoms. The molecule has 0 fully saturated rings. The minimum absolute atomic E-state index is 0.00168. The summed E-state index contributed by atoms with van der Waals surface area (Å²) in [5.74, 6) is -0.263. The highest BCUT2D eigenvalue weighted by Crippen LogP contribution is 2.09. The van der Waals surface area contributed by atoms with Gasteiger partial charge in [-0.3, -0.25) is 4.90 Å². The van der Waals surface area contributed by atoms with Gasteiger partial charge in [-0.15, -0.1) is 0 Å². The molecule has 8 heteroatoms. The monoisotopic (exact) mass is 314 g/mol. The Bertz CT molecular complexity index is 601. The summed E-state index contributed by atoms with van der Waals surface area (Å²) in [6.45, 7) is 4.03. The second-order valence-electron chi connectivity index (χ2n) is 4.79. The molecule has 1 aromatic carbocycles. The SMILES string of the molecule is CCCCN1CN=C(NS(=O)(=O)c2ccc(F)cc2)NC1.